The number of nitrogens with two attached hydrogens (primary N) is 1. The first-order valence-corrected chi connectivity index (χ1v) is 4.94. The zero-order chi connectivity index (χ0) is 11.1. The highest BCUT2D eigenvalue weighted by Gasteiger charge is 2.15. The first kappa shape index (κ1) is 9.98. The number of aromatic amines is 1. The lowest BCUT2D eigenvalue weighted by molar-refractivity contribution is 0.434. The Morgan fingerprint density at radius 3 is 2.73 bits per heavy atom. The minimum absolute atomic E-state index is 0.102. The van der Waals surface area contributed by atoms with Crippen LogP contribution < -0.4 is 11.4 Å². The van der Waals surface area contributed by atoms with E-state index in [1.54, 1.807) is 4.57 Å². The van der Waals surface area contributed by atoms with Crippen molar-refractivity contribution in [1.82, 2.24) is 9.55 Å². The molecule has 0 bridgehead atoms. The third-order valence-corrected chi connectivity index (χ3v) is 2.25. The summed E-state index contributed by atoms with van der Waals surface area (Å²) in [6.07, 6.45) is 0. The molecular formula is C11H15N3O. The maximum absolute atomic E-state index is 11.7. The molecule has 4 nitrogen and oxygen atoms in total. The van der Waals surface area contributed by atoms with Crippen LogP contribution in [0, 0.1) is 0 Å². The van der Waals surface area contributed by atoms with Crippen LogP contribution in [0.4, 0.5) is 0 Å². The molecule has 0 radical (unpaired) electrons. The normalized spacial score (nSPS) is 12.2. The molecule has 2 rings (SSSR count). The van der Waals surface area contributed by atoms with E-state index in [4.69, 9.17) is 5.73 Å². The Bertz CT molecular complexity index is 530. The van der Waals surface area contributed by atoms with Crippen LogP contribution in [0.2, 0.25) is 0 Å². The molecule has 0 saturated heterocycles. The van der Waals surface area contributed by atoms with Crippen LogP contribution >= 0.6 is 0 Å². The lowest BCUT2D eigenvalue weighted by atomic mass is 10.1. The molecule has 0 unspecified atom stereocenters. The SMILES string of the molecule is CC(C)(N)Cn1c(=O)[nH]c2ccccc21. The van der Waals surface area contributed by atoms with Gasteiger partial charge in [0.15, 0.2) is 0 Å². The summed E-state index contributed by atoms with van der Waals surface area (Å²) in [5.74, 6) is 0. The number of fused-ring (bicyclic) bond motifs is 1. The second-order valence-electron chi connectivity index (χ2n) is 4.52. The standard InChI is InChI=1S/C11H15N3O/c1-11(2,12)7-14-9-6-4-3-5-8(9)13-10(14)15/h3-6H,7,12H2,1-2H3,(H,13,15). The fourth-order valence-electron chi connectivity index (χ4n) is 1.67. The molecule has 0 amide bonds. The van der Waals surface area contributed by atoms with E-state index in [1.165, 1.54) is 0 Å². The Balaban J connectivity index is 2.60. The average Bonchev–Trinajstić information content (AvgIpc) is 2.41. The van der Waals surface area contributed by atoms with Crippen LogP contribution in [-0.2, 0) is 6.54 Å². The van der Waals surface area contributed by atoms with Crippen molar-refractivity contribution in [3.05, 3.63) is 34.7 Å². The van der Waals surface area contributed by atoms with Crippen molar-refractivity contribution in [2.24, 2.45) is 5.73 Å². The Morgan fingerprint density at radius 2 is 2.07 bits per heavy atom. The van der Waals surface area contributed by atoms with Crippen molar-refractivity contribution in [2.45, 2.75) is 25.9 Å². The molecule has 0 aliphatic carbocycles. The van der Waals surface area contributed by atoms with Gasteiger partial charge in [0.25, 0.3) is 0 Å². The number of nitrogens with one attached hydrogen (secondary N) is 1. The minimum Gasteiger partial charge on any atom is -0.324 e. The van der Waals surface area contributed by atoms with Crippen LogP contribution in [0.1, 0.15) is 13.8 Å². The molecule has 1 aromatic heterocycles. The van der Waals surface area contributed by atoms with Gasteiger partial charge in [-0.1, -0.05) is 12.1 Å². The number of hydrogen-bond donors (Lipinski definition) is 2. The van der Waals surface area contributed by atoms with Crippen molar-refractivity contribution in [3.8, 4) is 0 Å². The van der Waals surface area contributed by atoms with Crippen molar-refractivity contribution in [2.75, 3.05) is 0 Å². The molecule has 2 aromatic rings. The number of aromatic nitrogens is 2. The van der Waals surface area contributed by atoms with Crippen LogP contribution in [0.15, 0.2) is 29.1 Å². The van der Waals surface area contributed by atoms with E-state index in [-0.39, 0.29) is 5.69 Å². The number of benzene rings is 1. The summed E-state index contributed by atoms with van der Waals surface area (Å²) < 4.78 is 1.68. The Morgan fingerprint density at radius 1 is 1.40 bits per heavy atom. The van der Waals surface area contributed by atoms with E-state index in [0.29, 0.717) is 6.54 Å². The van der Waals surface area contributed by atoms with Gasteiger partial charge in [0.05, 0.1) is 11.0 Å². The number of hydrogen-bond acceptors (Lipinski definition) is 2. The molecule has 1 aromatic carbocycles. The van der Waals surface area contributed by atoms with Crippen LogP contribution in [-0.4, -0.2) is 15.1 Å². The summed E-state index contributed by atoms with van der Waals surface area (Å²) in [7, 11) is 0. The largest absolute Gasteiger partial charge is 0.326 e. The van der Waals surface area contributed by atoms with Crippen molar-refractivity contribution < 1.29 is 0 Å². The topological polar surface area (TPSA) is 63.8 Å². The summed E-state index contributed by atoms with van der Waals surface area (Å²) in [6, 6.07) is 7.61. The molecule has 4 heteroatoms. The van der Waals surface area contributed by atoms with Gasteiger partial charge in [-0.25, -0.2) is 4.79 Å². The third kappa shape index (κ3) is 1.94. The molecule has 0 aliphatic heterocycles. The number of H-pyrrole nitrogens is 1. The molecule has 1 heterocycles. The molecule has 3 N–H and O–H groups in total. The summed E-state index contributed by atoms with van der Waals surface area (Å²) >= 11 is 0. The summed E-state index contributed by atoms with van der Waals surface area (Å²) in [5, 5.41) is 0. The smallest absolute Gasteiger partial charge is 0.324 e. The maximum Gasteiger partial charge on any atom is 0.326 e. The minimum atomic E-state index is -0.394. The molecule has 0 spiro atoms. The summed E-state index contributed by atoms with van der Waals surface area (Å²) in [5.41, 5.74) is 7.17. The highest BCUT2D eigenvalue weighted by Crippen LogP contribution is 2.11. The van der Waals surface area contributed by atoms with Gasteiger partial charge < -0.3 is 10.7 Å². The van der Waals surface area contributed by atoms with E-state index < -0.39 is 5.54 Å². The molecule has 0 saturated carbocycles. The van der Waals surface area contributed by atoms with Gasteiger partial charge in [0.2, 0.25) is 0 Å². The fourth-order valence-corrected chi connectivity index (χ4v) is 1.67. The third-order valence-electron chi connectivity index (χ3n) is 2.25. The molecule has 0 fully saturated rings. The zero-order valence-corrected chi connectivity index (χ0v) is 8.95. The van der Waals surface area contributed by atoms with Crippen LogP contribution in [0.3, 0.4) is 0 Å². The lowest BCUT2D eigenvalue weighted by Crippen LogP contribution is -2.39. The van der Waals surface area contributed by atoms with Gasteiger partial charge in [-0.3, -0.25) is 4.57 Å². The molecule has 15 heavy (non-hydrogen) atoms. The Labute approximate surface area is 87.7 Å². The molecule has 80 valence electrons. The van der Waals surface area contributed by atoms with Crippen LogP contribution in [0.5, 0.6) is 0 Å². The number of imidazole rings is 1. The predicted octanol–water partition coefficient (Wildman–Crippen LogP) is 1.07. The summed E-state index contributed by atoms with van der Waals surface area (Å²) in [4.78, 5) is 14.5. The number of para-hydroxylation sites is 2. The van der Waals surface area contributed by atoms with E-state index in [9.17, 15) is 4.79 Å². The number of rotatable bonds is 2. The van der Waals surface area contributed by atoms with E-state index in [1.807, 2.05) is 38.1 Å². The highest BCUT2D eigenvalue weighted by atomic mass is 16.1. The van der Waals surface area contributed by atoms with Gasteiger partial charge in [0, 0.05) is 12.1 Å². The van der Waals surface area contributed by atoms with Gasteiger partial charge in [-0.15, -0.1) is 0 Å². The van der Waals surface area contributed by atoms with Gasteiger partial charge in [-0.05, 0) is 26.0 Å². The van der Waals surface area contributed by atoms with E-state index in [2.05, 4.69) is 4.98 Å². The monoisotopic (exact) mass is 205 g/mol. The first-order chi connectivity index (χ1) is 6.97. The van der Waals surface area contributed by atoms with Gasteiger partial charge in [0.1, 0.15) is 0 Å². The van der Waals surface area contributed by atoms with Crippen molar-refractivity contribution in [3.63, 3.8) is 0 Å². The molecule has 0 atom stereocenters. The average molecular weight is 205 g/mol. The second-order valence-corrected chi connectivity index (χ2v) is 4.52. The van der Waals surface area contributed by atoms with Crippen LogP contribution in [0.25, 0.3) is 11.0 Å². The molecular weight excluding hydrogens is 190 g/mol. The Hall–Kier alpha value is -1.55. The molecule has 0 aliphatic rings. The summed E-state index contributed by atoms with van der Waals surface area (Å²) in [6.45, 7) is 4.32. The van der Waals surface area contributed by atoms with Gasteiger partial charge in [-0.2, -0.15) is 0 Å². The van der Waals surface area contributed by atoms with E-state index in [0.717, 1.165) is 11.0 Å². The van der Waals surface area contributed by atoms with Crippen molar-refractivity contribution >= 4 is 11.0 Å². The fraction of sp³-hybridized carbons (Fsp3) is 0.364. The first-order valence-electron chi connectivity index (χ1n) is 4.94. The lowest BCUT2D eigenvalue weighted by Gasteiger charge is -2.18. The second kappa shape index (κ2) is 3.24. The predicted molar refractivity (Wildman–Crippen MR) is 60.8 cm³/mol. The highest BCUT2D eigenvalue weighted by molar-refractivity contribution is 5.74. The number of nitrogens with zero attached hydrogens (tertiary/aromatic N) is 1. The van der Waals surface area contributed by atoms with Crippen molar-refractivity contribution in [1.29, 1.82) is 0 Å². The Kier molecular flexibility index (Phi) is 2.16. The zero-order valence-electron chi connectivity index (χ0n) is 8.95. The van der Waals surface area contributed by atoms with E-state index >= 15 is 0 Å². The maximum atomic E-state index is 11.7. The van der Waals surface area contributed by atoms with Gasteiger partial charge >= 0.3 is 5.69 Å². The quantitative estimate of drug-likeness (QED) is 0.770.